The molecule has 0 spiro atoms. The van der Waals surface area contributed by atoms with Gasteiger partial charge in [-0.05, 0) is 25.7 Å². The van der Waals surface area contributed by atoms with Crippen molar-refractivity contribution < 1.29 is 28.6 Å². The zero-order valence-electron chi connectivity index (χ0n) is 12.2. The lowest BCUT2D eigenvalue weighted by atomic mass is 9.85. The van der Waals surface area contributed by atoms with Gasteiger partial charge in [-0.3, -0.25) is 14.4 Å². The number of ether oxygens (including phenoxy) is 3. The number of rotatable bonds is 4. The maximum atomic E-state index is 12.0. The summed E-state index contributed by atoms with van der Waals surface area (Å²) in [6.07, 6.45) is 2.36. The normalized spacial score (nSPS) is 22.4. The molecule has 0 aromatic carbocycles. The van der Waals surface area contributed by atoms with E-state index in [-0.39, 0.29) is 31.1 Å². The molecule has 112 valence electrons. The van der Waals surface area contributed by atoms with Crippen LogP contribution in [0.5, 0.6) is 0 Å². The molecular weight excluding hydrogens is 264 g/mol. The molecule has 1 unspecified atom stereocenters. The van der Waals surface area contributed by atoms with Gasteiger partial charge in [0.25, 0.3) is 0 Å². The fourth-order valence-corrected chi connectivity index (χ4v) is 2.73. The van der Waals surface area contributed by atoms with E-state index >= 15 is 0 Å². The molecule has 1 rings (SSSR count). The minimum atomic E-state index is -1.36. The van der Waals surface area contributed by atoms with E-state index in [1.54, 1.807) is 0 Å². The average molecular weight is 284 g/mol. The van der Waals surface area contributed by atoms with Crippen molar-refractivity contribution in [2.45, 2.75) is 26.2 Å². The third-order valence-corrected chi connectivity index (χ3v) is 3.79. The van der Waals surface area contributed by atoms with Crippen LogP contribution in [-0.4, -0.2) is 39.2 Å². The Morgan fingerprint density at radius 2 is 1.70 bits per heavy atom. The van der Waals surface area contributed by atoms with Gasteiger partial charge in [-0.1, -0.05) is 11.6 Å². The predicted octanol–water partition coefficient (Wildman–Crippen LogP) is 1.24. The molecule has 0 aromatic rings. The Morgan fingerprint density at radius 3 is 2.10 bits per heavy atom. The summed E-state index contributed by atoms with van der Waals surface area (Å²) in [6.45, 7) is 1.81. The third kappa shape index (κ3) is 2.84. The van der Waals surface area contributed by atoms with Gasteiger partial charge in [0, 0.05) is 0 Å². The predicted molar refractivity (Wildman–Crippen MR) is 69.6 cm³/mol. The molecule has 0 aromatic heterocycles. The molecule has 1 fully saturated rings. The van der Waals surface area contributed by atoms with E-state index in [2.05, 4.69) is 4.74 Å². The standard InChI is InChI=1S/C14H20O6/c1-5-9-7-14(12(16)19-3,13(17)20-4)8-10(9)6-11(15)18-2/h5,10H,6-8H2,1-4H3/b9-5+. The first-order valence-corrected chi connectivity index (χ1v) is 6.33. The van der Waals surface area contributed by atoms with Crippen LogP contribution in [0.15, 0.2) is 11.6 Å². The van der Waals surface area contributed by atoms with Crippen molar-refractivity contribution >= 4 is 17.9 Å². The van der Waals surface area contributed by atoms with Gasteiger partial charge in [0.15, 0.2) is 5.41 Å². The van der Waals surface area contributed by atoms with Gasteiger partial charge in [-0.2, -0.15) is 0 Å². The smallest absolute Gasteiger partial charge is 0.323 e. The molecule has 0 N–H and O–H groups in total. The molecule has 0 saturated heterocycles. The summed E-state index contributed by atoms with van der Waals surface area (Å²) in [4.78, 5) is 35.5. The van der Waals surface area contributed by atoms with Crippen LogP contribution in [0.1, 0.15) is 26.2 Å². The van der Waals surface area contributed by atoms with E-state index in [9.17, 15) is 14.4 Å². The lowest BCUT2D eigenvalue weighted by Crippen LogP contribution is -2.39. The van der Waals surface area contributed by atoms with Gasteiger partial charge >= 0.3 is 17.9 Å². The van der Waals surface area contributed by atoms with Crippen molar-refractivity contribution in [2.75, 3.05) is 21.3 Å². The summed E-state index contributed by atoms with van der Waals surface area (Å²) in [6, 6.07) is 0. The van der Waals surface area contributed by atoms with Crippen LogP contribution in [0, 0.1) is 11.3 Å². The average Bonchev–Trinajstić information content (AvgIpc) is 2.84. The van der Waals surface area contributed by atoms with E-state index in [1.165, 1.54) is 21.3 Å². The zero-order chi connectivity index (χ0) is 15.3. The van der Waals surface area contributed by atoms with Gasteiger partial charge in [0.05, 0.1) is 27.8 Å². The highest BCUT2D eigenvalue weighted by atomic mass is 16.5. The highest BCUT2D eigenvalue weighted by Gasteiger charge is 2.55. The molecule has 1 aliphatic carbocycles. The van der Waals surface area contributed by atoms with Crippen molar-refractivity contribution in [2.24, 2.45) is 11.3 Å². The van der Waals surface area contributed by atoms with Gasteiger partial charge in [0.2, 0.25) is 0 Å². The zero-order valence-corrected chi connectivity index (χ0v) is 12.2. The van der Waals surface area contributed by atoms with Crippen molar-refractivity contribution in [1.82, 2.24) is 0 Å². The van der Waals surface area contributed by atoms with E-state index in [0.717, 1.165) is 5.57 Å². The number of carbonyl (C=O) groups excluding carboxylic acids is 3. The molecule has 0 heterocycles. The highest BCUT2D eigenvalue weighted by molar-refractivity contribution is 6.01. The molecule has 0 aliphatic heterocycles. The topological polar surface area (TPSA) is 78.9 Å². The first-order chi connectivity index (χ1) is 9.44. The Morgan fingerprint density at radius 1 is 1.15 bits per heavy atom. The second kappa shape index (κ2) is 6.54. The minimum absolute atomic E-state index is 0.131. The fourth-order valence-electron chi connectivity index (χ4n) is 2.73. The van der Waals surface area contributed by atoms with E-state index in [1.807, 2.05) is 13.0 Å². The van der Waals surface area contributed by atoms with Crippen LogP contribution in [0.4, 0.5) is 0 Å². The number of allylic oxidation sites excluding steroid dienone is 2. The number of methoxy groups -OCH3 is 3. The van der Waals surface area contributed by atoms with Crippen LogP contribution in [-0.2, 0) is 28.6 Å². The Hall–Kier alpha value is -1.85. The Labute approximate surface area is 118 Å². The first kappa shape index (κ1) is 16.2. The van der Waals surface area contributed by atoms with Crippen LogP contribution in [0.25, 0.3) is 0 Å². The molecule has 1 saturated carbocycles. The lowest BCUT2D eigenvalue weighted by molar-refractivity contribution is -0.169. The second-order valence-corrected chi connectivity index (χ2v) is 4.79. The summed E-state index contributed by atoms with van der Waals surface area (Å²) in [5.41, 5.74) is -0.490. The fraction of sp³-hybridized carbons (Fsp3) is 0.643. The SMILES string of the molecule is C/C=C1\CC(C(=O)OC)(C(=O)OC)CC1CC(=O)OC. The van der Waals surface area contributed by atoms with Crippen LogP contribution in [0.2, 0.25) is 0 Å². The molecule has 0 bridgehead atoms. The molecule has 1 atom stereocenters. The Kier molecular flexibility index (Phi) is 5.30. The number of hydrogen-bond donors (Lipinski definition) is 0. The molecule has 1 aliphatic rings. The van der Waals surface area contributed by atoms with Gasteiger partial charge in [-0.15, -0.1) is 0 Å². The Balaban J connectivity index is 3.09. The summed E-state index contributed by atoms with van der Waals surface area (Å²) >= 11 is 0. The van der Waals surface area contributed by atoms with Crippen LogP contribution >= 0.6 is 0 Å². The number of carbonyl (C=O) groups is 3. The third-order valence-electron chi connectivity index (χ3n) is 3.79. The lowest BCUT2D eigenvalue weighted by Gasteiger charge is -2.22. The minimum Gasteiger partial charge on any atom is -0.469 e. The highest BCUT2D eigenvalue weighted by Crippen LogP contribution is 2.48. The van der Waals surface area contributed by atoms with Crippen molar-refractivity contribution in [3.05, 3.63) is 11.6 Å². The van der Waals surface area contributed by atoms with Gasteiger partial charge in [0.1, 0.15) is 0 Å². The van der Waals surface area contributed by atoms with Crippen LogP contribution in [0.3, 0.4) is 0 Å². The summed E-state index contributed by atoms with van der Waals surface area (Å²) < 4.78 is 14.1. The monoisotopic (exact) mass is 284 g/mol. The molecule has 0 amide bonds. The molecule has 20 heavy (non-hydrogen) atoms. The molecular formula is C14H20O6. The van der Waals surface area contributed by atoms with Gasteiger partial charge < -0.3 is 14.2 Å². The van der Waals surface area contributed by atoms with E-state index in [0.29, 0.717) is 0 Å². The summed E-state index contributed by atoms with van der Waals surface area (Å²) in [5.74, 6) is -1.85. The Bertz CT molecular complexity index is 421. The number of esters is 3. The van der Waals surface area contributed by atoms with Gasteiger partial charge in [-0.25, -0.2) is 0 Å². The second-order valence-electron chi connectivity index (χ2n) is 4.79. The molecule has 6 nitrogen and oxygen atoms in total. The van der Waals surface area contributed by atoms with Crippen molar-refractivity contribution in [3.8, 4) is 0 Å². The molecule has 6 heteroatoms. The largest absolute Gasteiger partial charge is 0.469 e. The molecule has 0 radical (unpaired) electrons. The summed E-state index contributed by atoms with van der Waals surface area (Å²) in [7, 11) is 3.77. The quantitative estimate of drug-likeness (QED) is 0.334. The van der Waals surface area contributed by atoms with E-state index < -0.39 is 17.4 Å². The summed E-state index contributed by atoms with van der Waals surface area (Å²) in [5, 5.41) is 0. The number of hydrogen-bond acceptors (Lipinski definition) is 6. The maximum Gasteiger partial charge on any atom is 0.323 e. The van der Waals surface area contributed by atoms with E-state index in [4.69, 9.17) is 9.47 Å². The van der Waals surface area contributed by atoms with Crippen molar-refractivity contribution in [3.63, 3.8) is 0 Å². The van der Waals surface area contributed by atoms with Crippen LogP contribution < -0.4 is 0 Å². The maximum absolute atomic E-state index is 12.0. The first-order valence-electron chi connectivity index (χ1n) is 6.33. The van der Waals surface area contributed by atoms with Crippen molar-refractivity contribution in [1.29, 1.82) is 0 Å².